The number of pyridine rings is 1. The topological polar surface area (TPSA) is 12.9 Å². The Hall–Kier alpha value is -4.01. The van der Waals surface area contributed by atoms with Crippen molar-refractivity contribution in [1.29, 1.82) is 0 Å². The van der Waals surface area contributed by atoms with Gasteiger partial charge in [0.1, 0.15) is 0 Å². The van der Waals surface area contributed by atoms with Gasteiger partial charge in [0.25, 0.3) is 0 Å². The van der Waals surface area contributed by atoms with Gasteiger partial charge in [0.2, 0.25) is 0 Å². The van der Waals surface area contributed by atoms with E-state index in [2.05, 4.69) is 137 Å². The molecule has 2 heteroatoms. The van der Waals surface area contributed by atoms with Crippen LogP contribution in [0.3, 0.4) is 0 Å². The standard InChI is InChI=1S/C33H20BrN/c34-25-17-15-22(16-18-25)29-20-30-32(27-10-4-3-9-26(27)29)28-11-5-6-12-31(28)35-33(30)24-14-13-21-7-1-2-8-23(21)19-24/h1-20H. The molecule has 0 fully saturated rings. The quantitative estimate of drug-likeness (QED) is 0.211. The Kier molecular flexibility index (Phi) is 4.68. The Morgan fingerprint density at radius 3 is 1.97 bits per heavy atom. The highest BCUT2D eigenvalue weighted by Gasteiger charge is 2.16. The van der Waals surface area contributed by atoms with Crippen molar-refractivity contribution in [3.8, 4) is 22.4 Å². The van der Waals surface area contributed by atoms with Gasteiger partial charge in [-0.1, -0.05) is 107 Å². The van der Waals surface area contributed by atoms with E-state index in [-0.39, 0.29) is 0 Å². The molecule has 0 aliphatic heterocycles. The van der Waals surface area contributed by atoms with Crippen LogP contribution in [0.5, 0.6) is 0 Å². The summed E-state index contributed by atoms with van der Waals surface area (Å²) in [7, 11) is 0. The molecule has 0 saturated carbocycles. The van der Waals surface area contributed by atoms with Gasteiger partial charge < -0.3 is 0 Å². The van der Waals surface area contributed by atoms with E-state index in [4.69, 9.17) is 4.98 Å². The number of benzene rings is 6. The number of hydrogen-bond acceptors (Lipinski definition) is 1. The van der Waals surface area contributed by atoms with Crippen molar-refractivity contribution in [2.75, 3.05) is 0 Å². The summed E-state index contributed by atoms with van der Waals surface area (Å²) in [5.41, 5.74) is 5.60. The largest absolute Gasteiger partial charge is 0.247 e. The fraction of sp³-hybridized carbons (Fsp3) is 0. The van der Waals surface area contributed by atoms with E-state index in [0.717, 1.165) is 21.2 Å². The molecule has 0 N–H and O–H groups in total. The van der Waals surface area contributed by atoms with Crippen LogP contribution in [0.1, 0.15) is 0 Å². The van der Waals surface area contributed by atoms with Gasteiger partial charge in [-0.2, -0.15) is 0 Å². The smallest absolute Gasteiger partial charge is 0.0788 e. The lowest BCUT2D eigenvalue weighted by Gasteiger charge is -2.16. The summed E-state index contributed by atoms with van der Waals surface area (Å²) in [4.78, 5) is 5.23. The molecule has 0 atom stereocenters. The van der Waals surface area contributed by atoms with Crippen molar-refractivity contribution >= 4 is 59.2 Å². The summed E-state index contributed by atoms with van der Waals surface area (Å²) >= 11 is 3.59. The second-order valence-electron chi connectivity index (χ2n) is 8.94. The zero-order valence-electron chi connectivity index (χ0n) is 18.9. The molecule has 1 heterocycles. The van der Waals surface area contributed by atoms with Gasteiger partial charge in [-0.3, -0.25) is 0 Å². The Morgan fingerprint density at radius 1 is 0.486 bits per heavy atom. The van der Waals surface area contributed by atoms with Crippen LogP contribution in [0.15, 0.2) is 126 Å². The summed E-state index contributed by atoms with van der Waals surface area (Å²) < 4.78 is 1.08. The van der Waals surface area contributed by atoms with Crippen molar-refractivity contribution in [2.24, 2.45) is 0 Å². The van der Waals surface area contributed by atoms with Crippen LogP contribution in [0, 0.1) is 0 Å². The predicted molar refractivity (Wildman–Crippen MR) is 153 cm³/mol. The lowest BCUT2D eigenvalue weighted by Crippen LogP contribution is -1.93. The molecule has 1 aromatic heterocycles. The van der Waals surface area contributed by atoms with Crippen molar-refractivity contribution in [3.63, 3.8) is 0 Å². The molecule has 0 unspecified atom stereocenters. The third-order valence-corrected chi connectivity index (χ3v) is 7.41. The number of rotatable bonds is 2. The minimum absolute atomic E-state index is 1.02. The van der Waals surface area contributed by atoms with Crippen LogP contribution in [-0.2, 0) is 0 Å². The Morgan fingerprint density at radius 2 is 1.14 bits per heavy atom. The maximum Gasteiger partial charge on any atom is 0.0788 e. The van der Waals surface area contributed by atoms with Gasteiger partial charge >= 0.3 is 0 Å². The summed E-state index contributed by atoms with van der Waals surface area (Å²) in [6, 6.07) is 43.3. The molecule has 7 rings (SSSR count). The third-order valence-electron chi connectivity index (χ3n) is 6.88. The normalized spacial score (nSPS) is 11.6. The molecule has 7 aromatic rings. The molecule has 0 saturated heterocycles. The molecular weight excluding hydrogens is 490 g/mol. The van der Waals surface area contributed by atoms with E-state index < -0.39 is 0 Å². The van der Waals surface area contributed by atoms with E-state index in [1.54, 1.807) is 0 Å². The summed E-state index contributed by atoms with van der Waals surface area (Å²) in [6.45, 7) is 0. The van der Waals surface area contributed by atoms with E-state index in [9.17, 15) is 0 Å². The van der Waals surface area contributed by atoms with Gasteiger partial charge in [0.05, 0.1) is 11.2 Å². The molecule has 164 valence electrons. The summed E-state index contributed by atoms with van der Waals surface area (Å²) in [6.07, 6.45) is 0. The molecule has 0 aliphatic rings. The lowest BCUT2D eigenvalue weighted by molar-refractivity contribution is 1.43. The van der Waals surface area contributed by atoms with Crippen LogP contribution in [0.2, 0.25) is 0 Å². The summed E-state index contributed by atoms with van der Waals surface area (Å²) in [5.74, 6) is 0. The fourth-order valence-corrected chi connectivity index (χ4v) is 5.50. The minimum atomic E-state index is 1.02. The van der Waals surface area contributed by atoms with Crippen molar-refractivity contribution in [3.05, 3.63) is 126 Å². The maximum absolute atomic E-state index is 5.23. The average molecular weight is 510 g/mol. The molecule has 0 bridgehead atoms. The van der Waals surface area contributed by atoms with Gasteiger partial charge in [-0.05, 0) is 63.0 Å². The van der Waals surface area contributed by atoms with Gasteiger partial charge in [-0.25, -0.2) is 4.98 Å². The first-order valence-corrected chi connectivity index (χ1v) is 12.5. The molecule has 0 amide bonds. The van der Waals surface area contributed by atoms with Crippen molar-refractivity contribution in [2.45, 2.75) is 0 Å². The first-order valence-electron chi connectivity index (χ1n) is 11.8. The van der Waals surface area contributed by atoms with Crippen LogP contribution in [0.4, 0.5) is 0 Å². The molecule has 35 heavy (non-hydrogen) atoms. The number of nitrogens with zero attached hydrogens (tertiary/aromatic N) is 1. The van der Waals surface area contributed by atoms with E-state index >= 15 is 0 Å². The molecule has 0 spiro atoms. The zero-order chi connectivity index (χ0) is 23.4. The Labute approximate surface area is 211 Å². The number of hydrogen-bond donors (Lipinski definition) is 0. The number of halogens is 1. The van der Waals surface area contributed by atoms with Gasteiger partial charge in [-0.15, -0.1) is 0 Å². The zero-order valence-corrected chi connectivity index (χ0v) is 20.5. The highest BCUT2D eigenvalue weighted by atomic mass is 79.9. The molecule has 0 aliphatic carbocycles. The first-order chi connectivity index (χ1) is 17.3. The minimum Gasteiger partial charge on any atom is -0.247 e. The van der Waals surface area contributed by atoms with Crippen LogP contribution in [0.25, 0.3) is 65.6 Å². The van der Waals surface area contributed by atoms with E-state index in [1.165, 1.54) is 48.8 Å². The van der Waals surface area contributed by atoms with Gasteiger partial charge in [0, 0.05) is 26.2 Å². The molecular formula is C33H20BrN. The van der Waals surface area contributed by atoms with E-state index in [1.807, 2.05) is 0 Å². The highest BCUT2D eigenvalue weighted by molar-refractivity contribution is 9.10. The second kappa shape index (κ2) is 8.04. The number of fused-ring (bicyclic) bond motifs is 6. The molecule has 0 radical (unpaired) electrons. The SMILES string of the molecule is Brc1ccc(-c2cc3c(-c4ccc5ccccc5c4)nc4ccccc4c3c3ccccc23)cc1. The van der Waals surface area contributed by atoms with Crippen LogP contribution >= 0.6 is 15.9 Å². The monoisotopic (exact) mass is 509 g/mol. The average Bonchev–Trinajstić information content (AvgIpc) is 2.92. The summed E-state index contributed by atoms with van der Waals surface area (Å²) in [5, 5.41) is 8.59. The highest BCUT2D eigenvalue weighted by Crippen LogP contribution is 2.42. The lowest BCUT2D eigenvalue weighted by atomic mass is 9.89. The van der Waals surface area contributed by atoms with Gasteiger partial charge in [0.15, 0.2) is 0 Å². The maximum atomic E-state index is 5.23. The third kappa shape index (κ3) is 3.33. The molecule has 6 aromatic carbocycles. The van der Waals surface area contributed by atoms with Crippen LogP contribution in [-0.4, -0.2) is 4.98 Å². The Bertz CT molecular complexity index is 1900. The van der Waals surface area contributed by atoms with Crippen LogP contribution < -0.4 is 0 Å². The number of aromatic nitrogens is 1. The van der Waals surface area contributed by atoms with Crippen molar-refractivity contribution in [1.82, 2.24) is 4.98 Å². The Balaban J connectivity index is 1.66. The van der Waals surface area contributed by atoms with E-state index in [0.29, 0.717) is 0 Å². The predicted octanol–water partition coefficient (Wildman–Crippen LogP) is 9.79. The molecule has 1 nitrogen and oxygen atoms in total. The first kappa shape index (κ1) is 20.4. The number of para-hydroxylation sites is 1. The fourth-order valence-electron chi connectivity index (χ4n) is 5.24. The second-order valence-corrected chi connectivity index (χ2v) is 9.85. The van der Waals surface area contributed by atoms with Crippen molar-refractivity contribution < 1.29 is 0 Å².